The van der Waals surface area contributed by atoms with E-state index in [9.17, 15) is 4.79 Å². The molecular weight excluding hydrogens is 388 g/mol. The first kappa shape index (κ1) is 18.9. The number of ether oxygens (including phenoxy) is 4. The first-order valence-electron chi connectivity index (χ1n) is 7.57. The highest BCUT2D eigenvalue weighted by molar-refractivity contribution is 9.10. The molecule has 2 rings (SSSR count). The van der Waals surface area contributed by atoms with Gasteiger partial charge in [0.1, 0.15) is 19.0 Å². The van der Waals surface area contributed by atoms with E-state index in [0.29, 0.717) is 17.2 Å². The highest BCUT2D eigenvalue weighted by atomic mass is 79.9. The SMILES string of the molecule is COc1ccc(C=CC(=O)OCCOc2cccc(Br)c2)cc1OC. The van der Waals surface area contributed by atoms with E-state index in [4.69, 9.17) is 18.9 Å². The van der Waals surface area contributed by atoms with E-state index >= 15 is 0 Å². The van der Waals surface area contributed by atoms with Gasteiger partial charge < -0.3 is 18.9 Å². The molecule has 0 fully saturated rings. The number of benzene rings is 2. The first-order valence-corrected chi connectivity index (χ1v) is 8.37. The number of carbonyl (C=O) groups excluding carboxylic acids is 1. The second-order valence-corrected chi connectivity index (χ2v) is 5.84. The van der Waals surface area contributed by atoms with Crippen LogP contribution in [0.5, 0.6) is 17.2 Å². The van der Waals surface area contributed by atoms with Gasteiger partial charge in [-0.2, -0.15) is 0 Å². The third kappa shape index (κ3) is 6.15. The average molecular weight is 407 g/mol. The summed E-state index contributed by atoms with van der Waals surface area (Å²) in [5.74, 6) is 1.51. The number of hydrogen-bond acceptors (Lipinski definition) is 5. The fourth-order valence-electron chi connectivity index (χ4n) is 2.03. The van der Waals surface area contributed by atoms with E-state index in [0.717, 1.165) is 10.0 Å². The maximum absolute atomic E-state index is 11.7. The molecular formula is C19H19BrO5. The molecule has 5 nitrogen and oxygen atoms in total. The van der Waals surface area contributed by atoms with Crippen LogP contribution in [0.25, 0.3) is 6.08 Å². The summed E-state index contributed by atoms with van der Waals surface area (Å²) in [5, 5.41) is 0. The van der Waals surface area contributed by atoms with Crippen LogP contribution in [0.1, 0.15) is 5.56 Å². The highest BCUT2D eigenvalue weighted by Crippen LogP contribution is 2.27. The van der Waals surface area contributed by atoms with E-state index in [1.165, 1.54) is 6.08 Å². The zero-order valence-corrected chi connectivity index (χ0v) is 15.6. The minimum Gasteiger partial charge on any atom is -0.493 e. The van der Waals surface area contributed by atoms with Gasteiger partial charge in [-0.15, -0.1) is 0 Å². The van der Waals surface area contributed by atoms with Crippen LogP contribution >= 0.6 is 15.9 Å². The summed E-state index contributed by atoms with van der Waals surface area (Å²) in [4.78, 5) is 11.7. The van der Waals surface area contributed by atoms with E-state index in [-0.39, 0.29) is 13.2 Å². The van der Waals surface area contributed by atoms with Crippen molar-refractivity contribution < 1.29 is 23.7 Å². The maximum Gasteiger partial charge on any atom is 0.330 e. The van der Waals surface area contributed by atoms with Crippen molar-refractivity contribution >= 4 is 28.0 Å². The largest absolute Gasteiger partial charge is 0.493 e. The molecule has 0 atom stereocenters. The molecule has 0 spiro atoms. The second kappa shape index (κ2) is 9.74. The predicted molar refractivity (Wildman–Crippen MR) is 99.2 cm³/mol. The number of esters is 1. The van der Waals surface area contributed by atoms with Crippen molar-refractivity contribution in [2.24, 2.45) is 0 Å². The van der Waals surface area contributed by atoms with Gasteiger partial charge in [-0.1, -0.05) is 28.1 Å². The average Bonchev–Trinajstić information content (AvgIpc) is 2.63. The standard InChI is InChI=1S/C19H19BrO5/c1-22-17-8-6-14(12-18(17)23-2)7-9-19(21)25-11-10-24-16-5-3-4-15(20)13-16/h3-9,12-13H,10-11H2,1-2H3. The van der Waals surface area contributed by atoms with E-state index in [1.807, 2.05) is 30.3 Å². The molecule has 6 heteroatoms. The van der Waals surface area contributed by atoms with Crippen LogP contribution in [0, 0.1) is 0 Å². The van der Waals surface area contributed by atoms with Gasteiger partial charge in [-0.3, -0.25) is 0 Å². The predicted octanol–water partition coefficient (Wildman–Crippen LogP) is 4.10. The Bertz CT molecular complexity index is 742. The molecule has 0 unspecified atom stereocenters. The molecule has 0 heterocycles. The lowest BCUT2D eigenvalue weighted by Gasteiger charge is -2.08. The fourth-order valence-corrected chi connectivity index (χ4v) is 2.41. The summed E-state index contributed by atoms with van der Waals surface area (Å²) in [6, 6.07) is 12.8. The van der Waals surface area contributed by atoms with Crippen molar-refractivity contribution in [3.05, 3.63) is 58.6 Å². The summed E-state index contributed by atoms with van der Waals surface area (Å²) < 4.78 is 21.9. The molecule has 0 amide bonds. The molecule has 0 N–H and O–H groups in total. The van der Waals surface area contributed by atoms with Crippen molar-refractivity contribution in [3.8, 4) is 17.2 Å². The summed E-state index contributed by atoms with van der Waals surface area (Å²) in [5.41, 5.74) is 0.806. The van der Waals surface area contributed by atoms with Crippen molar-refractivity contribution in [1.82, 2.24) is 0 Å². The molecule has 25 heavy (non-hydrogen) atoms. The molecule has 2 aromatic rings. The zero-order chi connectivity index (χ0) is 18.1. The Morgan fingerprint density at radius 3 is 2.56 bits per heavy atom. The lowest BCUT2D eigenvalue weighted by molar-refractivity contribution is -0.138. The lowest BCUT2D eigenvalue weighted by Crippen LogP contribution is -2.10. The third-order valence-electron chi connectivity index (χ3n) is 3.21. The minimum absolute atomic E-state index is 0.168. The van der Waals surface area contributed by atoms with Crippen molar-refractivity contribution in [3.63, 3.8) is 0 Å². The highest BCUT2D eigenvalue weighted by Gasteiger charge is 2.04. The zero-order valence-electron chi connectivity index (χ0n) is 14.0. The number of carbonyl (C=O) groups is 1. The summed E-state index contributed by atoms with van der Waals surface area (Å²) >= 11 is 3.36. The normalized spacial score (nSPS) is 10.5. The number of hydrogen-bond donors (Lipinski definition) is 0. The molecule has 0 saturated heterocycles. The van der Waals surface area contributed by atoms with Crippen LogP contribution < -0.4 is 14.2 Å². The molecule has 0 aliphatic carbocycles. The van der Waals surface area contributed by atoms with Crippen LogP contribution in [0.3, 0.4) is 0 Å². The van der Waals surface area contributed by atoms with Gasteiger partial charge in [0.15, 0.2) is 11.5 Å². The van der Waals surface area contributed by atoms with Gasteiger partial charge in [0.05, 0.1) is 14.2 Å². The number of methoxy groups -OCH3 is 2. The first-order chi connectivity index (χ1) is 12.1. The second-order valence-electron chi connectivity index (χ2n) is 4.92. The molecule has 0 aliphatic rings. The molecule has 0 bridgehead atoms. The Labute approximate surface area is 155 Å². The van der Waals surface area contributed by atoms with Crippen LogP contribution in [0.4, 0.5) is 0 Å². The maximum atomic E-state index is 11.7. The van der Waals surface area contributed by atoms with Crippen LogP contribution in [0.15, 0.2) is 53.0 Å². The van der Waals surface area contributed by atoms with Crippen molar-refractivity contribution in [2.75, 3.05) is 27.4 Å². The Morgan fingerprint density at radius 2 is 1.84 bits per heavy atom. The topological polar surface area (TPSA) is 54.0 Å². The monoisotopic (exact) mass is 406 g/mol. The summed E-state index contributed by atoms with van der Waals surface area (Å²) in [6.45, 7) is 0.452. The smallest absolute Gasteiger partial charge is 0.330 e. The lowest BCUT2D eigenvalue weighted by atomic mass is 10.2. The molecule has 0 aliphatic heterocycles. The van der Waals surface area contributed by atoms with Gasteiger partial charge in [-0.05, 0) is 42.0 Å². The van der Waals surface area contributed by atoms with Crippen molar-refractivity contribution in [2.45, 2.75) is 0 Å². The van der Waals surface area contributed by atoms with Gasteiger partial charge in [-0.25, -0.2) is 4.79 Å². The van der Waals surface area contributed by atoms with E-state index in [1.54, 1.807) is 32.4 Å². The quantitative estimate of drug-likeness (QED) is 0.375. The third-order valence-corrected chi connectivity index (χ3v) is 3.71. The van der Waals surface area contributed by atoms with Crippen LogP contribution in [0.2, 0.25) is 0 Å². The molecule has 2 aromatic carbocycles. The number of rotatable bonds is 8. The number of halogens is 1. The molecule has 0 saturated carbocycles. The summed E-state index contributed by atoms with van der Waals surface area (Å²) in [6.07, 6.45) is 3.01. The Hall–Kier alpha value is -2.47. The molecule has 0 radical (unpaired) electrons. The van der Waals surface area contributed by atoms with Gasteiger partial charge >= 0.3 is 5.97 Å². The van der Waals surface area contributed by atoms with Crippen LogP contribution in [-0.4, -0.2) is 33.4 Å². The van der Waals surface area contributed by atoms with Gasteiger partial charge in [0.25, 0.3) is 0 Å². The molecule has 0 aromatic heterocycles. The Balaban J connectivity index is 1.79. The Morgan fingerprint density at radius 1 is 1.04 bits per heavy atom. The van der Waals surface area contributed by atoms with Crippen LogP contribution in [-0.2, 0) is 9.53 Å². The fraction of sp³-hybridized carbons (Fsp3) is 0.211. The van der Waals surface area contributed by atoms with E-state index in [2.05, 4.69) is 15.9 Å². The Kier molecular flexibility index (Phi) is 7.35. The van der Waals surface area contributed by atoms with Gasteiger partial charge in [0.2, 0.25) is 0 Å². The van der Waals surface area contributed by atoms with E-state index < -0.39 is 5.97 Å². The molecule has 132 valence electrons. The minimum atomic E-state index is -0.437. The van der Waals surface area contributed by atoms with Crippen molar-refractivity contribution in [1.29, 1.82) is 0 Å². The summed E-state index contributed by atoms with van der Waals surface area (Å²) in [7, 11) is 3.13. The van der Waals surface area contributed by atoms with Gasteiger partial charge in [0, 0.05) is 10.5 Å².